The molecule has 2 unspecified atom stereocenters. The van der Waals surface area contributed by atoms with Crippen molar-refractivity contribution in [2.45, 2.75) is 25.4 Å². The molecule has 0 radical (unpaired) electrons. The SMILES string of the molecule is CNC(C)c1c(F)cccc1N(C)C1CCS(=O)(=O)C1. The molecule has 0 saturated carbocycles. The summed E-state index contributed by atoms with van der Waals surface area (Å²) in [4.78, 5) is 1.90. The van der Waals surface area contributed by atoms with Crippen molar-refractivity contribution >= 4 is 15.5 Å². The second-order valence-electron chi connectivity index (χ2n) is 5.35. The number of nitrogens with one attached hydrogen (secondary N) is 1. The first-order chi connectivity index (χ1) is 9.35. The predicted molar refractivity (Wildman–Crippen MR) is 79.3 cm³/mol. The molecule has 6 heteroatoms. The Morgan fingerprint density at radius 2 is 2.15 bits per heavy atom. The molecule has 1 aliphatic heterocycles. The Hall–Kier alpha value is -1.14. The van der Waals surface area contributed by atoms with Crippen LogP contribution in [0.2, 0.25) is 0 Å². The van der Waals surface area contributed by atoms with Crippen LogP contribution in [-0.2, 0) is 9.84 Å². The van der Waals surface area contributed by atoms with Gasteiger partial charge >= 0.3 is 0 Å². The zero-order valence-electron chi connectivity index (χ0n) is 12.1. The first-order valence-electron chi connectivity index (χ1n) is 6.74. The molecule has 1 heterocycles. The minimum Gasteiger partial charge on any atom is -0.370 e. The molecule has 0 aromatic heterocycles. The van der Waals surface area contributed by atoms with Gasteiger partial charge in [-0.25, -0.2) is 12.8 Å². The first kappa shape index (κ1) is 15.3. The van der Waals surface area contributed by atoms with Crippen molar-refractivity contribution in [1.82, 2.24) is 5.32 Å². The van der Waals surface area contributed by atoms with Gasteiger partial charge in [0.15, 0.2) is 9.84 Å². The van der Waals surface area contributed by atoms with Crippen molar-refractivity contribution in [2.75, 3.05) is 30.5 Å². The van der Waals surface area contributed by atoms with Crippen LogP contribution in [0.1, 0.15) is 24.9 Å². The van der Waals surface area contributed by atoms with Crippen molar-refractivity contribution in [2.24, 2.45) is 0 Å². The molecule has 112 valence electrons. The molecule has 1 N–H and O–H groups in total. The van der Waals surface area contributed by atoms with Crippen LogP contribution >= 0.6 is 0 Å². The number of benzene rings is 1. The van der Waals surface area contributed by atoms with Gasteiger partial charge in [0.1, 0.15) is 5.82 Å². The van der Waals surface area contributed by atoms with Gasteiger partial charge in [-0.15, -0.1) is 0 Å². The van der Waals surface area contributed by atoms with Crippen molar-refractivity contribution < 1.29 is 12.8 Å². The van der Waals surface area contributed by atoms with Gasteiger partial charge in [-0.2, -0.15) is 0 Å². The minimum absolute atomic E-state index is 0.0791. The van der Waals surface area contributed by atoms with Crippen LogP contribution in [0.3, 0.4) is 0 Å². The molecule has 0 aliphatic carbocycles. The maximum atomic E-state index is 14.1. The van der Waals surface area contributed by atoms with Gasteiger partial charge in [-0.1, -0.05) is 6.07 Å². The summed E-state index contributed by atoms with van der Waals surface area (Å²) in [6.07, 6.45) is 0.600. The van der Waals surface area contributed by atoms with Crippen molar-refractivity contribution in [3.05, 3.63) is 29.6 Å². The van der Waals surface area contributed by atoms with E-state index in [0.717, 1.165) is 5.69 Å². The Labute approximate surface area is 119 Å². The van der Waals surface area contributed by atoms with Crippen LogP contribution in [0.25, 0.3) is 0 Å². The molecule has 1 aromatic carbocycles. The normalized spacial score (nSPS) is 22.7. The number of hydrogen-bond donors (Lipinski definition) is 1. The fourth-order valence-corrected chi connectivity index (χ4v) is 4.46. The number of nitrogens with zero attached hydrogens (tertiary/aromatic N) is 1. The van der Waals surface area contributed by atoms with Crippen molar-refractivity contribution in [1.29, 1.82) is 0 Å². The number of hydrogen-bond acceptors (Lipinski definition) is 4. The third-order valence-electron chi connectivity index (χ3n) is 4.03. The molecule has 0 amide bonds. The van der Waals surface area contributed by atoms with Crippen LogP contribution in [-0.4, -0.2) is 40.1 Å². The predicted octanol–water partition coefficient (Wildman–Crippen LogP) is 1.73. The Kier molecular flexibility index (Phi) is 4.34. The van der Waals surface area contributed by atoms with E-state index in [1.165, 1.54) is 6.07 Å². The number of rotatable bonds is 4. The maximum absolute atomic E-state index is 14.1. The number of sulfone groups is 1. The van der Waals surface area contributed by atoms with Crippen LogP contribution < -0.4 is 10.2 Å². The van der Waals surface area contributed by atoms with Gasteiger partial charge < -0.3 is 10.2 Å². The molecular formula is C14H21FN2O2S. The van der Waals surface area contributed by atoms with Gasteiger partial charge in [0.05, 0.1) is 11.5 Å². The highest BCUT2D eigenvalue weighted by Gasteiger charge is 2.32. The largest absolute Gasteiger partial charge is 0.370 e. The second-order valence-corrected chi connectivity index (χ2v) is 7.58. The summed E-state index contributed by atoms with van der Waals surface area (Å²) in [5.41, 5.74) is 1.34. The smallest absolute Gasteiger partial charge is 0.152 e. The highest BCUT2D eigenvalue weighted by Crippen LogP contribution is 2.31. The average molecular weight is 300 g/mol. The minimum atomic E-state index is -2.95. The molecular weight excluding hydrogens is 279 g/mol. The summed E-state index contributed by atoms with van der Waals surface area (Å²) in [5, 5.41) is 3.04. The maximum Gasteiger partial charge on any atom is 0.152 e. The molecule has 2 atom stereocenters. The summed E-state index contributed by atoms with van der Waals surface area (Å²) < 4.78 is 37.3. The highest BCUT2D eigenvalue weighted by atomic mass is 32.2. The van der Waals surface area contributed by atoms with Crippen LogP contribution in [0, 0.1) is 5.82 Å². The van der Waals surface area contributed by atoms with Gasteiger partial charge in [-0.3, -0.25) is 0 Å². The summed E-state index contributed by atoms with van der Waals surface area (Å²) in [6, 6.07) is 4.73. The van der Waals surface area contributed by atoms with Crippen LogP contribution in [0.4, 0.5) is 10.1 Å². The van der Waals surface area contributed by atoms with Gasteiger partial charge in [0, 0.05) is 30.4 Å². The monoisotopic (exact) mass is 300 g/mol. The fraction of sp³-hybridized carbons (Fsp3) is 0.571. The fourth-order valence-electron chi connectivity index (χ4n) is 2.68. The van der Waals surface area contributed by atoms with Crippen LogP contribution in [0.15, 0.2) is 18.2 Å². The lowest BCUT2D eigenvalue weighted by molar-refractivity contribution is 0.557. The summed E-state index contributed by atoms with van der Waals surface area (Å²) in [5.74, 6) is 0.0961. The summed E-state index contributed by atoms with van der Waals surface area (Å²) >= 11 is 0. The molecule has 0 bridgehead atoms. The summed E-state index contributed by atoms with van der Waals surface area (Å²) in [7, 11) is 0.670. The molecule has 4 nitrogen and oxygen atoms in total. The molecule has 1 fully saturated rings. The Morgan fingerprint density at radius 3 is 2.70 bits per heavy atom. The number of anilines is 1. The molecule has 1 aromatic rings. The van der Waals surface area contributed by atoms with E-state index in [9.17, 15) is 12.8 Å². The Balaban J connectivity index is 2.35. The third kappa shape index (κ3) is 2.96. The standard InChI is InChI=1S/C14H21FN2O2S/c1-10(16-2)14-12(15)5-4-6-13(14)17(3)11-7-8-20(18,19)9-11/h4-6,10-11,16H,7-9H2,1-3H3. The topological polar surface area (TPSA) is 49.4 Å². The lowest BCUT2D eigenvalue weighted by Crippen LogP contribution is -2.34. The van der Waals surface area contributed by atoms with E-state index in [-0.39, 0.29) is 29.4 Å². The third-order valence-corrected chi connectivity index (χ3v) is 5.78. The van der Waals surface area contributed by atoms with E-state index in [0.29, 0.717) is 12.0 Å². The van der Waals surface area contributed by atoms with E-state index in [2.05, 4.69) is 5.32 Å². The first-order valence-corrected chi connectivity index (χ1v) is 8.57. The van der Waals surface area contributed by atoms with Crippen molar-refractivity contribution in [3.8, 4) is 0 Å². The molecule has 1 aliphatic rings. The molecule has 0 spiro atoms. The molecule has 20 heavy (non-hydrogen) atoms. The summed E-state index contributed by atoms with van der Waals surface area (Å²) in [6.45, 7) is 1.89. The van der Waals surface area contributed by atoms with E-state index in [1.54, 1.807) is 13.1 Å². The lowest BCUT2D eigenvalue weighted by Gasteiger charge is -2.29. The highest BCUT2D eigenvalue weighted by molar-refractivity contribution is 7.91. The van der Waals surface area contributed by atoms with Gasteiger partial charge in [-0.05, 0) is 32.5 Å². The quantitative estimate of drug-likeness (QED) is 0.920. The lowest BCUT2D eigenvalue weighted by atomic mass is 10.0. The Morgan fingerprint density at radius 1 is 1.45 bits per heavy atom. The van der Waals surface area contributed by atoms with E-state index in [4.69, 9.17) is 0 Å². The molecule has 1 saturated heterocycles. The van der Waals surface area contributed by atoms with E-state index < -0.39 is 9.84 Å². The zero-order valence-corrected chi connectivity index (χ0v) is 12.9. The molecule has 2 rings (SSSR count). The van der Waals surface area contributed by atoms with Gasteiger partial charge in [0.2, 0.25) is 0 Å². The number of halogens is 1. The van der Waals surface area contributed by atoms with Crippen molar-refractivity contribution in [3.63, 3.8) is 0 Å². The Bertz CT molecular complexity index is 589. The van der Waals surface area contributed by atoms with Crippen LogP contribution in [0.5, 0.6) is 0 Å². The van der Waals surface area contributed by atoms with E-state index in [1.807, 2.05) is 24.9 Å². The second kappa shape index (κ2) is 5.69. The van der Waals surface area contributed by atoms with Gasteiger partial charge in [0.25, 0.3) is 0 Å². The zero-order chi connectivity index (χ0) is 14.9. The average Bonchev–Trinajstić information content (AvgIpc) is 2.77. The van der Waals surface area contributed by atoms with E-state index >= 15 is 0 Å².